The van der Waals surface area contributed by atoms with Gasteiger partial charge in [0.2, 0.25) is 5.91 Å². The molecule has 0 aromatic carbocycles. The van der Waals surface area contributed by atoms with Crippen LogP contribution in [0.3, 0.4) is 0 Å². The summed E-state index contributed by atoms with van der Waals surface area (Å²) in [6, 6.07) is -0.113. The Hall–Kier alpha value is -1.10. The summed E-state index contributed by atoms with van der Waals surface area (Å²) in [5.74, 6) is -1.83. The van der Waals surface area contributed by atoms with Crippen molar-refractivity contribution in [3.05, 3.63) is 0 Å². The third-order valence-electron chi connectivity index (χ3n) is 4.52. The zero-order valence-electron chi connectivity index (χ0n) is 11.3. The van der Waals surface area contributed by atoms with Crippen LogP contribution in [0.15, 0.2) is 0 Å². The summed E-state index contributed by atoms with van der Waals surface area (Å²) in [6.07, 6.45) is 5.90. The molecule has 1 amide bonds. The van der Waals surface area contributed by atoms with Crippen molar-refractivity contribution in [1.29, 1.82) is 0 Å². The Kier molecular flexibility index (Phi) is 4.80. The highest BCUT2D eigenvalue weighted by Crippen LogP contribution is 2.33. The molecule has 1 saturated carbocycles. The minimum absolute atomic E-state index is 0.0177. The summed E-state index contributed by atoms with van der Waals surface area (Å²) in [6.45, 7) is 0.642. The smallest absolute Gasteiger partial charge is 0.307 e. The highest BCUT2D eigenvalue weighted by molar-refractivity contribution is 5.85. The van der Waals surface area contributed by atoms with E-state index in [0.717, 1.165) is 32.1 Å². The Morgan fingerprint density at radius 3 is 2.26 bits per heavy atom. The van der Waals surface area contributed by atoms with Gasteiger partial charge >= 0.3 is 5.97 Å². The molecule has 3 atom stereocenters. The van der Waals surface area contributed by atoms with Gasteiger partial charge in [0, 0.05) is 6.54 Å². The molecule has 1 aliphatic heterocycles. The van der Waals surface area contributed by atoms with Crippen LogP contribution in [0.25, 0.3) is 0 Å². The number of carboxylic acid groups (broad SMARTS) is 1. The van der Waals surface area contributed by atoms with E-state index in [1.54, 1.807) is 4.90 Å². The summed E-state index contributed by atoms with van der Waals surface area (Å²) in [5.41, 5.74) is 0. The van der Waals surface area contributed by atoms with Crippen molar-refractivity contribution in [3.63, 3.8) is 0 Å². The molecule has 0 spiro atoms. The van der Waals surface area contributed by atoms with Gasteiger partial charge in [0.1, 0.15) is 0 Å². The van der Waals surface area contributed by atoms with Crippen LogP contribution in [0.2, 0.25) is 0 Å². The Morgan fingerprint density at radius 2 is 1.63 bits per heavy atom. The number of amides is 1. The molecule has 3 unspecified atom stereocenters. The van der Waals surface area contributed by atoms with E-state index in [1.165, 1.54) is 0 Å². The molecule has 1 heterocycles. The molecule has 5 heteroatoms. The lowest BCUT2D eigenvalue weighted by atomic mass is 9.78. The number of carboxylic acids is 1. The third kappa shape index (κ3) is 3.08. The van der Waals surface area contributed by atoms with E-state index in [2.05, 4.69) is 0 Å². The van der Waals surface area contributed by atoms with Crippen LogP contribution in [0.5, 0.6) is 0 Å². The SMILES string of the molecule is O=C(O)C1CCCCC1C(=O)N1CCCCC1CO. The number of nitrogens with zero attached hydrogens (tertiary/aromatic N) is 1. The average molecular weight is 269 g/mol. The maximum absolute atomic E-state index is 12.6. The Labute approximate surface area is 113 Å². The molecule has 2 fully saturated rings. The molecule has 108 valence electrons. The number of likely N-dealkylation sites (tertiary alicyclic amines) is 1. The fourth-order valence-corrected chi connectivity index (χ4v) is 3.42. The van der Waals surface area contributed by atoms with Crippen LogP contribution in [-0.2, 0) is 9.59 Å². The first-order chi connectivity index (χ1) is 9.15. The van der Waals surface area contributed by atoms with Crippen molar-refractivity contribution >= 4 is 11.9 Å². The second-order valence-electron chi connectivity index (χ2n) is 5.70. The molecule has 5 nitrogen and oxygen atoms in total. The minimum Gasteiger partial charge on any atom is -0.481 e. The second kappa shape index (κ2) is 6.37. The summed E-state index contributed by atoms with van der Waals surface area (Å²) < 4.78 is 0. The number of carbonyl (C=O) groups excluding carboxylic acids is 1. The molecule has 0 bridgehead atoms. The predicted molar refractivity (Wildman–Crippen MR) is 69.5 cm³/mol. The van der Waals surface area contributed by atoms with Gasteiger partial charge in [-0.15, -0.1) is 0 Å². The lowest BCUT2D eigenvalue weighted by Gasteiger charge is -2.39. The van der Waals surface area contributed by atoms with Crippen LogP contribution in [0.4, 0.5) is 0 Å². The number of aliphatic hydroxyl groups is 1. The van der Waals surface area contributed by atoms with E-state index in [9.17, 15) is 19.8 Å². The zero-order valence-corrected chi connectivity index (χ0v) is 11.3. The maximum Gasteiger partial charge on any atom is 0.307 e. The Bertz CT molecular complexity index is 344. The number of hydrogen-bond donors (Lipinski definition) is 2. The van der Waals surface area contributed by atoms with Crippen LogP contribution < -0.4 is 0 Å². The van der Waals surface area contributed by atoms with E-state index in [1.807, 2.05) is 0 Å². The van der Waals surface area contributed by atoms with Crippen molar-refractivity contribution in [2.75, 3.05) is 13.2 Å². The van der Waals surface area contributed by atoms with Crippen molar-refractivity contribution in [2.24, 2.45) is 11.8 Å². The van der Waals surface area contributed by atoms with Crippen molar-refractivity contribution in [2.45, 2.75) is 51.0 Å². The normalized spacial score (nSPS) is 32.1. The largest absolute Gasteiger partial charge is 0.481 e. The van der Waals surface area contributed by atoms with E-state index >= 15 is 0 Å². The summed E-state index contributed by atoms with van der Waals surface area (Å²) in [4.78, 5) is 25.6. The number of hydrogen-bond acceptors (Lipinski definition) is 3. The van der Waals surface area contributed by atoms with Gasteiger partial charge in [-0.25, -0.2) is 0 Å². The Morgan fingerprint density at radius 1 is 1.00 bits per heavy atom. The first-order valence-corrected chi connectivity index (χ1v) is 7.29. The van der Waals surface area contributed by atoms with Gasteiger partial charge in [-0.05, 0) is 32.1 Å². The lowest BCUT2D eigenvalue weighted by Crippen LogP contribution is -2.50. The maximum atomic E-state index is 12.6. The molecule has 0 radical (unpaired) electrons. The molecular weight excluding hydrogens is 246 g/mol. The molecule has 2 N–H and O–H groups in total. The zero-order chi connectivity index (χ0) is 13.8. The standard InChI is InChI=1S/C14H23NO4/c16-9-10-5-3-4-8-15(10)13(17)11-6-1-2-7-12(11)14(18)19/h10-12,16H,1-9H2,(H,18,19). The molecule has 0 aromatic rings. The van der Waals surface area contributed by atoms with Crippen LogP contribution in [0, 0.1) is 11.8 Å². The predicted octanol–water partition coefficient (Wildman–Crippen LogP) is 1.25. The first-order valence-electron chi connectivity index (χ1n) is 7.29. The van der Waals surface area contributed by atoms with E-state index < -0.39 is 17.8 Å². The molecule has 0 aromatic heterocycles. The number of rotatable bonds is 3. The van der Waals surface area contributed by atoms with Gasteiger partial charge in [-0.1, -0.05) is 12.8 Å². The topological polar surface area (TPSA) is 77.8 Å². The van der Waals surface area contributed by atoms with Gasteiger partial charge in [0.05, 0.1) is 24.5 Å². The van der Waals surface area contributed by atoms with E-state index in [-0.39, 0.29) is 18.6 Å². The van der Waals surface area contributed by atoms with Gasteiger partial charge in [0.15, 0.2) is 0 Å². The highest BCUT2D eigenvalue weighted by Gasteiger charge is 2.39. The summed E-state index contributed by atoms with van der Waals surface area (Å²) >= 11 is 0. The fraction of sp³-hybridized carbons (Fsp3) is 0.857. The minimum atomic E-state index is -0.851. The molecule has 19 heavy (non-hydrogen) atoms. The van der Waals surface area contributed by atoms with Crippen molar-refractivity contribution < 1.29 is 19.8 Å². The van der Waals surface area contributed by atoms with Gasteiger partial charge in [0.25, 0.3) is 0 Å². The number of carbonyl (C=O) groups is 2. The fourth-order valence-electron chi connectivity index (χ4n) is 3.42. The van der Waals surface area contributed by atoms with Crippen molar-refractivity contribution in [1.82, 2.24) is 4.90 Å². The average Bonchev–Trinajstić information content (AvgIpc) is 2.46. The monoisotopic (exact) mass is 269 g/mol. The van der Waals surface area contributed by atoms with Gasteiger partial charge in [-0.3, -0.25) is 9.59 Å². The number of aliphatic hydroxyl groups excluding tert-OH is 1. The van der Waals surface area contributed by atoms with Crippen molar-refractivity contribution in [3.8, 4) is 0 Å². The highest BCUT2D eigenvalue weighted by atomic mass is 16.4. The third-order valence-corrected chi connectivity index (χ3v) is 4.52. The Balaban J connectivity index is 2.09. The molecule has 2 aliphatic rings. The van der Waals surface area contributed by atoms with Crippen LogP contribution >= 0.6 is 0 Å². The lowest BCUT2D eigenvalue weighted by molar-refractivity contribution is -0.154. The van der Waals surface area contributed by atoms with Gasteiger partial charge < -0.3 is 15.1 Å². The molecule has 2 rings (SSSR count). The van der Waals surface area contributed by atoms with E-state index in [0.29, 0.717) is 19.4 Å². The first kappa shape index (κ1) is 14.3. The summed E-state index contributed by atoms with van der Waals surface area (Å²) in [5, 5.41) is 18.6. The molecule has 1 aliphatic carbocycles. The van der Waals surface area contributed by atoms with Crippen LogP contribution in [0.1, 0.15) is 44.9 Å². The molecular formula is C14H23NO4. The second-order valence-corrected chi connectivity index (χ2v) is 5.70. The van der Waals surface area contributed by atoms with Crippen LogP contribution in [-0.4, -0.2) is 46.2 Å². The summed E-state index contributed by atoms with van der Waals surface area (Å²) in [7, 11) is 0. The molecule has 1 saturated heterocycles. The quantitative estimate of drug-likeness (QED) is 0.808. The van der Waals surface area contributed by atoms with Gasteiger partial charge in [-0.2, -0.15) is 0 Å². The number of aliphatic carboxylic acids is 1. The number of piperidine rings is 1. The van der Waals surface area contributed by atoms with E-state index in [4.69, 9.17) is 0 Å².